The molecule has 2 aromatic rings. The highest BCUT2D eigenvalue weighted by Crippen LogP contribution is 2.36. The number of nitrogens with zero attached hydrogens (tertiary/aromatic N) is 1. The lowest BCUT2D eigenvalue weighted by molar-refractivity contribution is 0.248. The Balaban J connectivity index is 2.27. The normalized spacial score (nSPS) is 16.1. The summed E-state index contributed by atoms with van der Waals surface area (Å²) in [6, 6.07) is 3.52. The highest BCUT2D eigenvalue weighted by atomic mass is 35.5. The number of halogens is 2. The molecule has 9 heteroatoms. The Morgan fingerprint density at radius 1 is 1.12 bits per heavy atom. The molecule has 3 N–H and O–H groups in total. The van der Waals surface area contributed by atoms with E-state index in [1.54, 1.807) is 18.2 Å². The predicted molar refractivity (Wildman–Crippen MR) is 96.7 cm³/mol. The summed E-state index contributed by atoms with van der Waals surface area (Å²) in [5, 5.41) is 5.86. The molecule has 132 valence electrons. The van der Waals surface area contributed by atoms with Gasteiger partial charge in [-0.25, -0.2) is 9.59 Å². The van der Waals surface area contributed by atoms with E-state index in [0.717, 1.165) is 12.8 Å². The van der Waals surface area contributed by atoms with Crippen LogP contribution in [0.15, 0.2) is 27.8 Å². The zero-order valence-corrected chi connectivity index (χ0v) is 14.9. The van der Waals surface area contributed by atoms with Gasteiger partial charge in [0.2, 0.25) is 0 Å². The van der Waals surface area contributed by atoms with Crippen molar-refractivity contribution in [2.24, 2.45) is 0 Å². The first-order valence-corrected chi connectivity index (χ1v) is 8.58. The molecule has 1 aromatic carbocycles. The minimum absolute atomic E-state index is 0.173. The first kappa shape index (κ1) is 17.6. The van der Waals surface area contributed by atoms with Gasteiger partial charge in [0.25, 0.3) is 5.56 Å². The molecule has 2 heterocycles. The number of nitrogens with one attached hydrogen (secondary N) is 3. The number of carbonyl (C=O) groups excluding carboxylic acids is 1. The van der Waals surface area contributed by atoms with Crippen LogP contribution in [0.5, 0.6) is 0 Å². The Labute approximate surface area is 153 Å². The number of rotatable bonds is 4. The second-order valence-corrected chi connectivity index (χ2v) is 6.51. The van der Waals surface area contributed by atoms with Gasteiger partial charge in [0, 0.05) is 22.2 Å². The summed E-state index contributed by atoms with van der Waals surface area (Å²) in [4.78, 5) is 39.1. The maximum absolute atomic E-state index is 12.5. The molecule has 25 heavy (non-hydrogen) atoms. The molecule has 0 saturated carbocycles. The van der Waals surface area contributed by atoms with Crippen LogP contribution in [0.4, 0.5) is 10.6 Å². The lowest BCUT2D eigenvalue weighted by atomic mass is 9.98. The zero-order valence-electron chi connectivity index (χ0n) is 13.4. The molecule has 1 unspecified atom stereocenters. The Morgan fingerprint density at radius 2 is 1.80 bits per heavy atom. The van der Waals surface area contributed by atoms with Gasteiger partial charge in [-0.05, 0) is 18.6 Å². The van der Waals surface area contributed by atoms with Gasteiger partial charge in [-0.15, -0.1) is 0 Å². The average Bonchev–Trinajstić information content (AvgIpc) is 2.53. The number of hydrogen-bond acceptors (Lipinski definition) is 3. The highest BCUT2D eigenvalue weighted by molar-refractivity contribution is 6.36. The molecule has 1 atom stereocenters. The Kier molecular flexibility index (Phi) is 4.87. The van der Waals surface area contributed by atoms with Crippen LogP contribution in [0, 0.1) is 0 Å². The van der Waals surface area contributed by atoms with Crippen LogP contribution in [-0.4, -0.2) is 15.6 Å². The summed E-state index contributed by atoms with van der Waals surface area (Å²) in [7, 11) is 0. The molecule has 0 aliphatic carbocycles. The summed E-state index contributed by atoms with van der Waals surface area (Å²) in [6.45, 7) is 2.35. The summed E-state index contributed by atoms with van der Waals surface area (Å²) in [6.07, 6.45) is 1.57. The van der Waals surface area contributed by atoms with Crippen molar-refractivity contribution in [2.45, 2.75) is 32.4 Å². The Hall–Kier alpha value is -2.25. The summed E-state index contributed by atoms with van der Waals surface area (Å²) < 4.78 is 1.36. The van der Waals surface area contributed by atoms with E-state index in [4.69, 9.17) is 23.2 Å². The van der Waals surface area contributed by atoms with Crippen LogP contribution in [0.2, 0.25) is 10.0 Å². The third kappa shape index (κ3) is 3.17. The van der Waals surface area contributed by atoms with Crippen molar-refractivity contribution < 1.29 is 4.79 Å². The summed E-state index contributed by atoms with van der Waals surface area (Å²) >= 11 is 12.5. The Bertz CT molecular complexity index is 931. The third-order valence-electron chi connectivity index (χ3n) is 4.05. The van der Waals surface area contributed by atoms with Gasteiger partial charge >= 0.3 is 11.7 Å². The Morgan fingerprint density at radius 3 is 2.44 bits per heavy atom. The zero-order chi connectivity index (χ0) is 18.1. The topological polar surface area (TPSA) is 96.0 Å². The van der Waals surface area contributed by atoms with E-state index < -0.39 is 23.3 Å². The van der Waals surface area contributed by atoms with Crippen LogP contribution in [-0.2, 0) is 6.54 Å². The minimum Gasteiger partial charge on any atom is -0.326 e. The second-order valence-electron chi connectivity index (χ2n) is 5.69. The van der Waals surface area contributed by atoms with Crippen LogP contribution in [0.25, 0.3) is 0 Å². The number of H-pyrrole nitrogens is 1. The number of aromatic nitrogens is 2. The molecule has 0 saturated heterocycles. The fourth-order valence-electron chi connectivity index (χ4n) is 2.87. The minimum atomic E-state index is -0.859. The molecular formula is C16H16Cl2N4O3. The van der Waals surface area contributed by atoms with Crippen LogP contribution in [0.1, 0.15) is 36.9 Å². The van der Waals surface area contributed by atoms with Crippen LogP contribution < -0.4 is 21.9 Å². The number of amides is 2. The fraction of sp³-hybridized carbons (Fsp3) is 0.312. The van der Waals surface area contributed by atoms with Gasteiger partial charge < -0.3 is 5.32 Å². The smallest absolute Gasteiger partial charge is 0.326 e. The van der Waals surface area contributed by atoms with Crippen molar-refractivity contribution in [1.82, 2.24) is 14.9 Å². The van der Waals surface area contributed by atoms with E-state index in [0.29, 0.717) is 22.2 Å². The number of anilines is 1. The van der Waals surface area contributed by atoms with Gasteiger partial charge in [0.15, 0.2) is 0 Å². The quantitative estimate of drug-likeness (QED) is 0.758. The van der Waals surface area contributed by atoms with Crippen molar-refractivity contribution >= 4 is 35.1 Å². The van der Waals surface area contributed by atoms with Gasteiger partial charge in [0.05, 0.1) is 11.6 Å². The van der Waals surface area contributed by atoms with Gasteiger partial charge in [-0.1, -0.05) is 42.6 Å². The molecule has 0 radical (unpaired) electrons. The van der Waals surface area contributed by atoms with Gasteiger partial charge in [-0.3, -0.25) is 19.7 Å². The van der Waals surface area contributed by atoms with E-state index >= 15 is 0 Å². The van der Waals surface area contributed by atoms with Gasteiger partial charge in [0.1, 0.15) is 5.82 Å². The lowest BCUT2D eigenvalue weighted by Gasteiger charge is -2.29. The highest BCUT2D eigenvalue weighted by Gasteiger charge is 2.33. The van der Waals surface area contributed by atoms with E-state index in [1.165, 1.54) is 4.57 Å². The number of benzene rings is 1. The largest absolute Gasteiger partial charge is 0.329 e. The number of aromatic amines is 1. The van der Waals surface area contributed by atoms with Crippen molar-refractivity contribution in [1.29, 1.82) is 0 Å². The monoisotopic (exact) mass is 382 g/mol. The van der Waals surface area contributed by atoms with E-state index in [2.05, 4.69) is 15.6 Å². The average molecular weight is 383 g/mol. The SMILES string of the molecule is CCCCn1c2c(c(=O)[nH]c1=O)C(c1c(Cl)cccc1Cl)NC(=O)N2. The molecule has 0 fully saturated rings. The molecular weight excluding hydrogens is 367 g/mol. The maximum Gasteiger partial charge on any atom is 0.329 e. The van der Waals surface area contributed by atoms with Crippen molar-refractivity contribution in [3.8, 4) is 0 Å². The first-order valence-electron chi connectivity index (χ1n) is 7.82. The van der Waals surface area contributed by atoms with Crippen molar-refractivity contribution in [2.75, 3.05) is 5.32 Å². The van der Waals surface area contributed by atoms with E-state index in [-0.39, 0.29) is 11.4 Å². The predicted octanol–water partition coefficient (Wildman–Crippen LogP) is 2.87. The second kappa shape index (κ2) is 6.93. The van der Waals surface area contributed by atoms with E-state index in [9.17, 15) is 14.4 Å². The number of hydrogen-bond donors (Lipinski definition) is 3. The van der Waals surface area contributed by atoms with E-state index in [1.807, 2.05) is 6.92 Å². The third-order valence-corrected chi connectivity index (χ3v) is 4.71. The molecule has 2 amide bonds. The molecule has 0 spiro atoms. The molecule has 1 aliphatic rings. The van der Waals surface area contributed by atoms with Crippen LogP contribution >= 0.6 is 23.2 Å². The summed E-state index contributed by atoms with van der Waals surface area (Å²) in [5.41, 5.74) is -0.553. The van der Waals surface area contributed by atoms with Crippen molar-refractivity contribution in [3.63, 3.8) is 0 Å². The number of unbranched alkanes of at least 4 members (excludes halogenated alkanes) is 1. The van der Waals surface area contributed by atoms with Gasteiger partial charge in [-0.2, -0.15) is 0 Å². The van der Waals surface area contributed by atoms with Crippen LogP contribution in [0.3, 0.4) is 0 Å². The van der Waals surface area contributed by atoms with Crippen molar-refractivity contribution in [3.05, 3.63) is 60.2 Å². The number of carbonyl (C=O) groups is 1. The number of urea groups is 1. The molecule has 3 rings (SSSR count). The fourth-order valence-corrected chi connectivity index (χ4v) is 3.48. The molecule has 0 bridgehead atoms. The lowest BCUT2D eigenvalue weighted by Crippen LogP contribution is -2.46. The molecule has 1 aliphatic heterocycles. The number of fused-ring (bicyclic) bond motifs is 1. The molecule has 1 aromatic heterocycles. The molecule has 7 nitrogen and oxygen atoms in total. The standard InChI is InChI=1S/C16H16Cl2N4O3/c1-2-3-7-22-13-11(14(23)21-16(22)25)12(19-15(24)20-13)10-8(17)5-4-6-9(10)18/h4-6,12H,2-3,7H2,1H3,(H2,19,20,24)(H,21,23,25). The maximum atomic E-state index is 12.5. The summed E-state index contributed by atoms with van der Waals surface area (Å²) in [5.74, 6) is 0.173. The first-order chi connectivity index (χ1) is 11.9.